The zero-order valence-corrected chi connectivity index (χ0v) is 10.8. The van der Waals surface area contributed by atoms with E-state index < -0.39 is 9.84 Å². The molecule has 94 valence electrons. The van der Waals surface area contributed by atoms with E-state index in [1.54, 1.807) is 0 Å². The summed E-state index contributed by atoms with van der Waals surface area (Å²) in [5, 5.41) is 2.79. The highest BCUT2D eigenvalue weighted by Gasteiger charge is 2.11. The fourth-order valence-electron chi connectivity index (χ4n) is 1.17. The van der Waals surface area contributed by atoms with Crippen molar-refractivity contribution in [2.45, 2.75) is 11.3 Å². The lowest BCUT2D eigenvalue weighted by atomic mass is 10.3. The third-order valence-corrected chi connectivity index (χ3v) is 3.45. The fourth-order valence-corrected chi connectivity index (χ4v) is 1.99. The molecule has 0 fully saturated rings. The normalized spacial score (nSPS) is 11.2. The first-order chi connectivity index (χ1) is 7.84. The molecule has 0 radical (unpaired) electrons. The maximum absolute atomic E-state index is 11.3. The van der Waals surface area contributed by atoms with Crippen molar-refractivity contribution in [2.75, 3.05) is 18.1 Å². The summed E-state index contributed by atoms with van der Waals surface area (Å²) in [5.74, 6) is -0.306. The molecule has 1 rings (SSSR count). The minimum Gasteiger partial charge on any atom is -0.330 e. The summed E-state index contributed by atoms with van der Waals surface area (Å²) >= 11 is 5.85. The average Bonchev–Trinajstić information content (AvgIpc) is 2.20. The first-order valence-corrected chi connectivity index (χ1v) is 7.11. The number of nitrogens with two attached hydrogens (primary N) is 1. The van der Waals surface area contributed by atoms with Crippen molar-refractivity contribution in [2.24, 2.45) is 5.73 Å². The minimum atomic E-state index is -3.32. The van der Waals surface area contributed by atoms with Crippen LogP contribution in [0.3, 0.4) is 0 Å². The number of anilines is 1. The van der Waals surface area contributed by atoms with Crippen molar-refractivity contribution < 1.29 is 13.2 Å². The zero-order valence-electron chi connectivity index (χ0n) is 9.23. The Labute approximate surface area is 105 Å². The number of sulfone groups is 1. The van der Waals surface area contributed by atoms with E-state index in [1.165, 1.54) is 18.2 Å². The van der Waals surface area contributed by atoms with Crippen LogP contribution in [0, 0.1) is 0 Å². The van der Waals surface area contributed by atoms with Crippen LogP contribution < -0.4 is 11.1 Å². The molecule has 7 heteroatoms. The van der Waals surface area contributed by atoms with Gasteiger partial charge in [0.15, 0.2) is 9.84 Å². The Bertz CT molecular complexity index is 528. The Balaban J connectivity index is 3.03. The maximum Gasteiger partial charge on any atom is 0.225 e. The lowest BCUT2D eigenvalue weighted by molar-refractivity contribution is -0.116. The molecule has 0 heterocycles. The average molecular weight is 277 g/mol. The molecule has 0 bridgehead atoms. The van der Waals surface area contributed by atoms with Gasteiger partial charge in [0, 0.05) is 19.2 Å². The van der Waals surface area contributed by atoms with Gasteiger partial charge in [-0.25, -0.2) is 8.42 Å². The predicted octanol–water partition coefficient (Wildman–Crippen LogP) is 1.03. The third-order valence-electron chi connectivity index (χ3n) is 2.01. The minimum absolute atomic E-state index is 0.102. The van der Waals surface area contributed by atoms with Crippen LogP contribution in [0.5, 0.6) is 0 Å². The topological polar surface area (TPSA) is 89.3 Å². The molecule has 1 aromatic rings. The summed E-state index contributed by atoms with van der Waals surface area (Å²) in [6.45, 7) is 0.217. The number of carbonyl (C=O) groups is 1. The van der Waals surface area contributed by atoms with Gasteiger partial charge in [-0.2, -0.15) is 0 Å². The molecule has 17 heavy (non-hydrogen) atoms. The van der Waals surface area contributed by atoms with E-state index in [-0.39, 0.29) is 34.5 Å². The van der Waals surface area contributed by atoms with Crippen molar-refractivity contribution in [3.63, 3.8) is 0 Å². The molecule has 0 saturated carbocycles. The van der Waals surface area contributed by atoms with Crippen LogP contribution in [0.4, 0.5) is 5.69 Å². The molecule has 1 aromatic carbocycles. The first-order valence-electron chi connectivity index (χ1n) is 4.84. The van der Waals surface area contributed by atoms with Crippen molar-refractivity contribution in [3.8, 4) is 0 Å². The van der Waals surface area contributed by atoms with Gasteiger partial charge in [0.1, 0.15) is 0 Å². The van der Waals surface area contributed by atoms with Crippen LogP contribution in [-0.2, 0) is 14.6 Å². The summed E-state index contributed by atoms with van der Waals surface area (Å²) in [7, 11) is -3.32. The van der Waals surface area contributed by atoms with Crippen LogP contribution in [0.2, 0.25) is 5.02 Å². The second-order valence-electron chi connectivity index (χ2n) is 3.50. The van der Waals surface area contributed by atoms with E-state index >= 15 is 0 Å². The molecular formula is C10H13ClN2O3S. The van der Waals surface area contributed by atoms with Gasteiger partial charge >= 0.3 is 0 Å². The highest BCUT2D eigenvalue weighted by atomic mass is 35.5. The molecule has 0 unspecified atom stereocenters. The monoisotopic (exact) mass is 276 g/mol. The van der Waals surface area contributed by atoms with Crippen LogP contribution >= 0.6 is 11.6 Å². The molecule has 1 amide bonds. The lowest BCUT2D eigenvalue weighted by Gasteiger charge is -2.08. The van der Waals surface area contributed by atoms with E-state index in [1.807, 2.05) is 0 Å². The number of carbonyl (C=O) groups excluding carboxylic acids is 1. The van der Waals surface area contributed by atoms with Crippen molar-refractivity contribution >= 4 is 33.0 Å². The van der Waals surface area contributed by atoms with E-state index in [0.29, 0.717) is 0 Å². The van der Waals surface area contributed by atoms with Gasteiger partial charge in [-0.3, -0.25) is 4.79 Å². The number of hydrogen-bond acceptors (Lipinski definition) is 4. The summed E-state index contributed by atoms with van der Waals surface area (Å²) in [4.78, 5) is 11.4. The van der Waals surface area contributed by atoms with E-state index in [9.17, 15) is 13.2 Å². The third kappa shape index (κ3) is 3.99. The van der Waals surface area contributed by atoms with Gasteiger partial charge in [0.2, 0.25) is 5.91 Å². The van der Waals surface area contributed by atoms with Crippen LogP contribution in [0.15, 0.2) is 23.1 Å². The molecule has 0 spiro atoms. The fraction of sp³-hybridized carbons (Fsp3) is 0.300. The van der Waals surface area contributed by atoms with E-state index in [4.69, 9.17) is 17.3 Å². The zero-order chi connectivity index (χ0) is 13.1. The van der Waals surface area contributed by atoms with Gasteiger partial charge in [-0.05, 0) is 18.2 Å². The molecule has 0 aliphatic carbocycles. The van der Waals surface area contributed by atoms with Crippen molar-refractivity contribution in [1.29, 1.82) is 0 Å². The van der Waals surface area contributed by atoms with Crippen LogP contribution in [-0.4, -0.2) is 27.1 Å². The van der Waals surface area contributed by atoms with Gasteiger partial charge in [-0.15, -0.1) is 0 Å². The SMILES string of the molecule is CS(=O)(=O)c1ccc(Cl)c(NC(=O)CCN)c1. The van der Waals surface area contributed by atoms with Crippen LogP contribution in [0.1, 0.15) is 6.42 Å². The highest BCUT2D eigenvalue weighted by Crippen LogP contribution is 2.25. The van der Waals surface area contributed by atoms with Gasteiger partial charge in [0.05, 0.1) is 15.6 Å². The van der Waals surface area contributed by atoms with E-state index in [0.717, 1.165) is 6.26 Å². The second kappa shape index (κ2) is 5.48. The number of halogens is 1. The number of benzene rings is 1. The molecule has 0 atom stereocenters. The quantitative estimate of drug-likeness (QED) is 0.860. The molecule has 0 aliphatic heterocycles. The largest absolute Gasteiger partial charge is 0.330 e. The molecule has 0 saturated heterocycles. The predicted molar refractivity (Wildman–Crippen MR) is 66.9 cm³/mol. The maximum atomic E-state index is 11.3. The lowest BCUT2D eigenvalue weighted by Crippen LogP contribution is -2.16. The van der Waals surface area contributed by atoms with Gasteiger partial charge < -0.3 is 11.1 Å². The Morgan fingerprint density at radius 3 is 2.65 bits per heavy atom. The molecular weight excluding hydrogens is 264 g/mol. The number of amides is 1. The van der Waals surface area contributed by atoms with Crippen LogP contribution in [0.25, 0.3) is 0 Å². The standard InChI is InChI=1S/C10H13ClN2O3S/c1-17(15,16)7-2-3-8(11)9(6-7)13-10(14)4-5-12/h2-3,6H,4-5,12H2,1H3,(H,13,14). The number of hydrogen-bond donors (Lipinski definition) is 2. The summed E-state index contributed by atoms with van der Waals surface area (Å²) in [6.07, 6.45) is 1.24. The van der Waals surface area contributed by atoms with Gasteiger partial charge in [-0.1, -0.05) is 11.6 Å². The smallest absolute Gasteiger partial charge is 0.225 e. The summed E-state index contributed by atoms with van der Waals surface area (Å²) in [6, 6.07) is 4.14. The molecule has 5 nitrogen and oxygen atoms in total. The Kier molecular flexibility index (Phi) is 4.50. The first kappa shape index (κ1) is 14.0. The Morgan fingerprint density at radius 2 is 2.12 bits per heavy atom. The van der Waals surface area contributed by atoms with Crippen molar-refractivity contribution in [3.05, 3.63) is 23.2 Å². The Morgan fingerprint density at radius 1 is 1.47 bits per heavy atom. The Hall–Kier alpha value is -1.11. The molecule has 3 N–H and O–H groups in total. The van der Waals surface area contributed by atoms with E-state index in [2.05, 4.69) is 5.32 Å². The second-order valence-corrected chi connectivity index (χ2v) is 5.92. The summed E-state index contributed by atoms with van der Waals surface area (Å²) in [5.41, 5.74) is 5.50. The number of rotatable bonds is 4. The molecule has 0 aromatic heterocycles. The van der Waals surface area contributed by atoms with Gasteiger partial charge in [0.25, 0.3) is 0 Å². The highest BCUT2D eigenvalue weighted by molar-refractivity contribution is 7.90. The summed E-state index contributed by atoms with van der Waals surface area (Å²) < 4.78 is 22.7. The number of nitrogens with one attached hydrogen (secondary N) is 1. The molecule has 0 aliphatic rings. The van der Waals surface area contributed by atoms with Crippen molar-refractivity contribution in [1.82, 2.24) is 0 Å².